The minimum atomic E-state index is -4.50. The third kappa shape index (κ3) is 5.26. The maximum atomic E-state index is 13.6. The lowest BCUT2D eigenvalue weighted by molar-refractivity contribution is -0.141. The normalized spacial score (nSPS) is 21.3. The Morgan fingerprint density at radius 1 is 1.23 bits per heavy atom. The van der Waals surface area contributed by atoms with Crippen molar-refractivity contribution < 1.29 is 32.2 Å². The average molecular weight is 557 g/mol. The molecule has 210 valence electrons. The smallest absolute Gasteiger partial charge is 0.416 e. The predicted molar refractivity (Wildman–Crippen MR) is 139 cm³/mol. The van der Waals surface area contributed by atoms with E-state index in [1.165, 1.54) is 18.3 Å². The minimum absolute atomic E-state index is 0.103. The molecule has 2 bridgehead atoms. The summed E-state index contributed by atoms with van der Waals surface area (Å²) in [6.45, 7) is 5.62. The number of fused-ring (bicyclic) bond motifs is 4. The molecule has 0 spiro atoms. The number of rotatable bonds is 5. The monoisotopic (exact) mass is 556 g/mol. The van der Waals surface area contributed by atoms with Crippen LogP contribution in [0, 0.1) is 0 Å². The second-order valence-electron chi connectivity index (χ2n) is 10.3. The molecular formula is C27H27F3N6O4. The Balaban J connectivity index is 1.22. The van der Waals surface area contributed by atoms with E-state index in [9.17, 15) is 18.0 Å². The first kappa shape index (κ1) is 26.3. The van der Waals surface area contributed by atoms with Crippen LogP contribution in [0.25, 0.3) is 11.4 Å². The number of ether oxygens (including phenoxy) is 3. The first-order valence-corrected chi connectivity index (χ1v) is 12.9. The van der Waals surface area contributed by atoms with Crippen LogP contribution in [0.15, 0.2) is 48.8 Å². The molecule has 13 heteroatoms. The van der Waals surface area contributed by atoms with Crippen molar-refractivity contribution in [3.8, 4) is 17.3 Å². The van der Waals surface area contributed by atoms with E-state index in [2.05, 4.69) is 25.2 Å². The number of nitrogens with zero attached hydrogens (tertiary/aromatic N) is 5. The van der Waals surface area contributed by atoms with E-state index < -0.39 is 23.6 Å². The summed E-state index contributed by atoms with van der Waals surface area (Å²) in [7, 11) is 0. The fourth-order valence-corrected chi connectivity index (χ4v) is 5.12. The highest BCUT2D eigenvalue weighted by molar-refractivity contribution is 6.04. The quantitative estimate of drug-likeness (QED) is 0.482. The Kier molecular flexibility index (Phi) is 6.50. The standard InChI is InChI=1S/C27H27F3N6O4/c1-26(2)39-15-20(40-26)14-38-22-11-18(6-8-31-22)33-25(37)36-19-7-9-35(13-19)21-12-32-23(34-24(21)36)16-4-3-5-17(10-16)27(28,29)30/h3-6,8,10-12,19-20H,7,9,13-15H2,1-2H3,(H,31,33,37)/t19-,20-/m0/s1. The highest BCUT2D eigenvalue weighted by Gasteiger charge is 2.41. The van der Waals surface area contributed by atoms with Crippen LogP contribution < -0.4 is 19.9 Å². The number of urea groups is 1. The molecule has 1 aromatic carbocycles. The van der Waals surface area contributed by atoms with Gasteiger partial charge >= 0.3 is 12.2 Å². The third-order valence-electron chi connectivity index (χ3n) is 6.98. The van der Waals surface area contributed by atoms with E-state index >= 15 is 0 Å². The molecule has 2 atom stereocenters. The number of anilines is 3. The molecule has 5 heterocycles. The van der Waals surface area contributed by atoms with Crippen LogP contribution in [0.3, 0.4) is 0 Å². The molecule has 0 unspecified atom stereocenters. The van der Waals surface area contributed by atoms with E-state index in [1.807, 2.05) is 13.8 Å². The molecular weight excluding hydrogens is 529 g/mol. The first-order chi connectivity index (χ1) is 19.1. The molecule has 3 aromatic rings. The van der Waals surface area contributed by atoms with Crippen LogP contribution in [-0.2, 0) is 15.7 Å². The molecule has 2 amide bonds. The molecule has 0 radical (unpaired) electrons. The average Bonchev–Trinajstić information content (AvgIpc) is 3.50. The van der Waals surface area contributed by atoms with Gasteiger partial charge in [0.25, 0.3) is 0 Å². The van der Waals surface area contributed by atoms with Crippen molar-refractivity contribution in [1.29, 1.82) is 0 Å². The van der Waals surface area contributed by atoms with Gasteiger partial charge in [-0.05, 0) is 38.5 Å². The second kappa shape index (κ2) is 9.89. The van der Waals surface area contributed by atoms with Crippen LogP contribution in [0.2, 0.25) is 0 Å². The van der Waals surface area contributed by atoms with E-state index in [0.29, 0.717) is 49.2 Å². The first-order valence-electron chi connectivity index (χ1n) is 12.9. The zero-order valence-corrected chi connectivity index (χ0v) is 21.8. The summed E-state index contributed by atoms with van der Waals surface area (Å²) >= 11 is 0. The van der Waals surface area contributed by atoms with Crippen molar-refractivity contribution in [3.63, 3.8) is 0 Å². The lowest BCUT2D eigenvalue weighted by Gasteiger charge is -2.35. The zero-order valence-electron chi connectivity index (χ0n) is 21.8. The number of hydrogen-bond donors (Lipinski definition) is 1. The van der Waals surface area contributed by atoms with Crippen LogP contribution in [0.4, 0.5) is 35.2 Å². The second-order valence-corrected chi connectivity index (χ2v) is 10.3. The summed E-state index contributed by atoms with van der Waals surface area (Å²) in [6, 6.07) is 7.50. The number of nitrogens with one attached hydrogen (secondary N) is 1. The van der Waals surface area contributed by atoms with Gasteiger partial charge in [-0.3, -0.25) is 4.90 Å². The van der Waals surface area contributed by atoms with Crippen molar-refractivity contribution in [1.82, 2.24) is 15.0 Å². The highest BCUT2D eigenvalue weighted by atomic mass is 19.4. The van der Waals surface area contributed by atoms with Gasteiger partial charge in [-0.1, -0.05) is 12.1 Å². The molecule has 0 aliphatic carbocycles. The number of alkyl halides is 3. The number of halogens is 3. The topological polar surface area (TPSA) is 102 Å². The Labute approximate surface area is 228 Å². The lowest BCUT2D eigenvalue weighted by Crippen LogP contribution is -2.48. The van der Waals surface area contributed by atoms with E-state index in [0.717, 1.165) is 12.1 Å². The van der Waals surface area contributed by atoms with Crippen LogP contribution in [-0.4, -0.2) is 65.2 Å². The van der Waals surface area contributed by atoms with E-state index in [-0.39, 0.29) is 30.1 Å². The molecule has 40 heavy (non-hydrogen) atoms. The van der Waals surface area contributed by atoms with Gasteiger partial charge in [0.1, 0.15) is 12.7 Å². The summed E-state index contributed by atoms with van der Waals surface area (Å²) in [6.07, 6.45) is -0.934. The van der Waals surface area contributed by atoms with Gasteiger partial charge in [0, 0.05) is 36.6 Å². The van der Waals surface area contributed by atoms with Gasteiger partial charge in [0.05, 0.1) is 30.1 Å². The Hall–Kier alpha value is -3.97. The Bertz CT molecular complexity index is 1440. The summed E-state index contributed by atoms with van der Waals surface area (Å²) in [5.74, 6) is 0.0973. The molecule has 0 saturated carbocycles. The number of hydrogen-bond acceptors (Lipinski definition) is 8. The van der Waals surface area contributed by atoms with E-state index in [1.54, 1.807) is 23.2 Å². The Morgan fingerprint density at radius 2 is 2.08 bits per heavy atom. The molecule has 3 aliphatic rings. The van der Waals surface area contributed by atoms with Crippen LogP contribution in [0.1, 0.15) is 25.8 Å². The summed E-state index contributed by atoms with van der Waals surface area (Å²) < 4.78 is 56.9. The van der Waals surface area contributed by atoms with Gasteiger partial charge in [0.2, 0.25) is 5.88 Å². The van der Waals surface area contributed by atoms with Crippen LogP contribution in [0.5, 0.6) is 5.88 Å². The number of amides is 2. The van der Waals surface area contributed by atoms with Crippen molar-refractivity contribution in [2.24, 2.45) is 0 Å². The molecule has 6 rings (SSSR count). The summed E-state index contributed by atoms with van der Waals surface area (Å²) in [5, 5.41) is 2.89. The van der Waals surface area contributed by atoms with Crippen molar-refractivity contribution in [2.75, 3.05) is 41.4 Å². The van der Waals surface area contributed by atoms with Crippen molar-refractivity contribution in [3.05, 3.63) is 54.4 Å². The molecule has 3 aliphatic heterocycles. The van der Waals surface area contributed by atoms with Gasteiger partial charge in [-0.25, -0.2) is 19.7 Å². The fourth-order valence-electron chi connectivity index (χ4n) is 5.12. The van der Waals surface area contributed by atoms with Gasteiger partial charge < -0.3 is 24.4 Å². The molecule has 2 fully saturated rings. The van der Waals surface area contributed by atoms with Gasteiger partial charge in [0.15, 0.2) is 17.4 Å². The third-order valence-corrected chi connectivity index (χ3v) is 6.98. The fraction of sp³-hybridized carbons (Fsp3) is 0.407. The van der Waals surface area contributed by atoms with Crippen molar-refractivity contribution in [2.45, 2.75) is 44.4 Å². The predicted octanol–water partition coefficient (Wildman–Crippen LogP) is 4.72. The number of pyridine rings is 1. The summed E-state index contributed by atoms with van der Waals surface area (Å²) in [4.78, 5) is 30.3. The molecule has 1 N–H and O–H groups in total. The van der Waals surface area contributed by atoms with Gasteiger partial charge in [-0.2, -0.15) is 13.2 Å². The number of carbonyl (C=O) groups excluding carboxylic acids is 1. The lowest BCUT2D eigenvalue weighted by atomic mass is 10.1. The molecule has 2 aromatic heterocycles. The maximum Gasteiger partial charge on any atom is 0.416 e. The SMILES string of the molecule is CC1(C)OC[C@H](COc2cc(NC(=O)N3c4nc(-c5cccc(C(F)(F)F)c5)ncc4N4CC[C@H]3C4)ccn2)O1. The number of benzene rings is 1. The summed E-state index contributed by atoms with van der Waals surface area (Å²) in [5.41, 5.74) is 0.533. The zero-order chi connectivity index (χ0) is 28.1. The Morgan fingerprint density at radius 3 is 2.85 bits per heavy atom. The van der Waals surface area contributed by atoms with Crippen molar-refractivity contribution >= 4 is 23.2 Å². The van der Waals surface area contributed by atoms with E-state index in [4.69, 9.17) is 14.2 Å². The largest absolute Gasteiger partial charge is 0.475 e. The molecule has 2 saturated heterocycles. The minimum Gasteiger partial charge on any atom is -0.475 e. The highest BCUT2D eigenvalue weighted by Crippen LogP contribution is 2.40. The van der Waals surface area contributed by atoms with Crippen LogP contribution >= 0.6 is 0 Å². The maximum absolute atomic E-state index is 13.6. The molecule has 10 nitrogen and oxygen atoms in total. The number of aromatic nitrogens is 3. The van der Waals surface area contributed by atoms with Gasteiger partial charge in [-0.15, -0.1) is 0 Å². The number of carbonyl (C=O) groups is 1.